The van der Waals surface area contributed by atoms with Crippen LogP contribution in [0.1, 0.15) is 24.7 Å². The molecule has 1 aliphatic rings. The summed E-state index contributed by atoms with van der Waals surface area (Å²) in [5.74, 6) is 1.75. The SMILES string of the molecule is CCCN1CCN(c2nc(C)nc(Cl)c2C)CC1. The summed E-state index contributed by atoms with van der Waals surface area (Å²) in [5.41, 5.74) is 0.992. The Balaban J connectivity index is 2.10. The molecule has 0 unspecified atom stereocenters. The molecule has 2 heterocycles. The lowest BCUT2D eigenvalue weighted by molar-refractivity contribution is 0.258. The van der Waals surface area contributed by atoms with Crippen molar-refractivity contribution in [2.45, 2.75) is 27.2 Å². The summed E-state index contributed by atoms with van der Waals surface area (Å²) in [6.07, 6.45) is 1.22. The Morgan fingerprint density at radius 1 is 1.11 bits per heavy atom. The van der Waals surface area contributed by atoms with Gasteiger partial charge < -0.3 is 4.90 Å². The standard InChI is InChI=1S/C13H21ClN4/c1-4-5-17-6-8-18(9-7-17)13-10(2)12(14)15-11(3)16-13/h4-9H2,1-3H3. The van der Waals surface area contributed by atoms with Crippen LogP contribution in [-0.4, -0.2) is 47.6 Å². The van der Waals surface area contributed by atoms with E-state index in [0.717, 1.165) is 43.4 Å². The van der Waals surface area contributed by atoms with Gasteiger partial charge in [0.05, 0.1) is 0 Å². The molecule has 0 saturated carbocycles. The van der Waals surface area contributed by atoms with Crippen LogP contribution in [0.5, 0.6) is 0 Å². The van der Waals surface area contributed by atoms with Gasteiger partial charge in [-0.3, -0.25) is 4.90 Å². The third-order valence-corrected chi connectivity index (χ3v) is 3.75. The van der Waals surface area contributed by atoms with Crippen LogP contribution in [0.15, 0.2) is 0 Å². The van der Waals surface area contributed by atoms with Gasteiger partial charge in [0, 0.05) is 31.7 Å². The number of aryl methyl sites for hydroxylation is 1. The molecule has 18 heavy (non-hydrogen) atoms. The van der Waals surface area contributed by atoms with E-state index in [-0.39, 0.29) is 0 Å². The molecule has 0 amide bonds. The van der Waals surface area contributed by atoms with Crippen molar-refractivity contribution in [3.8, 4) is 0 Å². The molecule has 0 aliphatic carbocycles. The molecule has 0 radical (unpaired) electrons. The molecule has 0 atom stereocenters. The zero-order chi connectivity index (χ0) is 13.1. The summed E-state index contributed by atoms with van der Waals surface area (Å²) in [7, 11) is 0. The molecule has 100 valence electrons. The van der Waals surface area contributed by atoms with Crippen LogP contribution < -0.4 is 4.90 Å². The maximum Gasteiger partial charge on any atom is 0.137 e. The summed E-state index contributed by atoms with van der Waals surface area (Å²) in [5, 5.41) is 0.577. The van der Waals surface area contributed by atoms with E-state index >= 15 is 0 Å². The minimum atomic E-state index is 0.577. The second-order valence-electron chi connectivity index (χ2n) is 4.84. The molecule has 0 bridgehead atoms. The second-order valence-corrected chi connectivity index (χ2v) is 5.20. The van der Waals surface area contributed by atoms with Gasteiger partial charge in [0.2, 0.25) is 0 Å². The molecule has 0 aromatic carbocycles. The summed E-state index contributed by atoms with van der Waals surface area (Å²) in [6, 6.07) is 0. The fourth-order valence-electron chi connectivity index (χ4n) is 2.39. The van der Waals surface area contributed by atoms with Crippen LogP contribution in [-0.2, 0) is 0 Å². The average Bonchev–Trinajstić information content (AvgIpc) is 2.35. The molecule has 1 aromatic rings. The molecule has 1 saturated heterocycles. The Hall–Kier alpha value is -0.870. The number of aromatic nitrogens is 2. The third kappa shape index (κ3) is 2.93. The highest BCUT2D eigenvalue weighted by Crippen LogP contribution is 2.24. The van der Waals surface area contributed by atoms with Gasteiger partial charge in [-0.2, -0.15) is 0 Å². The third-order valence-electron chi connectivity index (χ3n) is 3.38. The summed E-state index contributed by atoms with van der Waals surface area (Å²) in [4.78, 5) is 13.6. The Labute approximate surface area is 114 Å². The topological polar surface area (TPSA) is 32.3 Å². The molecule has 1 fully saturated rings. The summed E-state index contributed by atoms with van der Waals surface area (Å²) in [6.45, 7) is 11.6. The number of piperazine rings is 1. The number of anilines is 1. The first-order valence-electron chi connectivity index (χ1n) is 6.60. The maximum atomic E-state index is 6.13. The zero-order valence-corrected chi connectivity index (χ0v) is 12.2. The molecular weight excluding hydrogens is 248 g/mol. The predicted molar refractivity (Wildman–Crippen MR) is 75.5 cm³/mol. The zero-order valence-electron chi connectivity index (χ0n) is 11.4. The maximum absolute atomic E-state index is 6.13. The lowest BCUT2D eigenvalue weighted by atomic mass is 10.2. The van der Waals surface area contributed by atoms with Crippen molar-refractivity contribution in [2.75, 3.05) is 37.6 Å². The first-order chi connectivity index (χ1) is 8.61. The van der Waals surface area contributed by atoms with Crippen LogP contribution >= 0.6 is 11.6 Å². The quantitative estimate of drug-likeness (QED) is 0.788. The first-order valence-corrected chi connectivity index (χ1v) is 6.97. The van der Waals surface area contributed by atoms with E-state index in [1.54, 1.807) is 0 Å². The Kier molecular flexibility index (Phi) is 4.40. The molecule has 4 nitrogen and oxygen atoms in total. The van der Waals surface area contributed by atoms with Crippen molar-refractivity contribution >= 4 is 17.4 Å². The predicted octanol–water partition coefficient (Wildman–Crippen LogP) is 2.28. The van der Waals surface area contributed by atoms with Crippen LogP contribution in [0, 0.1) is 13.8 Å². The van der Waals surface area contributed by atoms with Gasteiger partial charge in [0.25, 0.3) is 0 Å². The fraction of sp³-hybridized carbons (Fsp3) is 0.692. The molecule has 0 spiro atoms. The van der Waals surface area contributed by atoms with Crippen molar-refractivity contribution in [3.05, 3.63) is 16.5 Å². The van der Waals surface area contributed by atoms with Gasteiger partial charge in [0.15, 0.2) is 0 Å². The highest BCUT2D eigenvalue weighted by Gasteiger charge is 2.20. The Morgan fingerprint density at radius 2 is 1.78 bits per heavy atom. The van der Waals surface area contributed by atoms with Crippen LogP contribution in [0.25, 0.3) is 0 Å². The van der Waals surface area contributed by atoms with E-state index < -0.39 is 0 Å². The normalized spacial score (nSPS) is 17.2. The second kappa shape index (κ2) is 5.85. The first kappa shape index (κ1) is 13.6. The summed E-state index contributed by atoms with van der Waals surface area (Å²) >= 11 is 6.13. The molecule has 5 heteroatoms. The highest BCUT2D eigenvalue weighted by atomic mass is 35.5. The van der Waals surface area contributed by atoms with Gasteiger partial charge >= 0.3 is 0 Å². The van der Waals surface area contributed by atoms with E-state index in [4.69, 9.17) is 11.6 Å². The van der Waals surface area contributed by atoms with E-state index in [9.17, 15) is 0 Å². The van der Waals surface area contributed by atoms with E-state index in [1.165, 1.54) is 13.0 Å². The molecule has 1 aromatic heterocycles. The highest BCUT2D eigenvalue weighted by molar-refractivity contribution is 6.30. The smallest absolute Gasteiger partial charge is 0.137 e. The molecular formula is C13H21ClN4. The van der Waals surface area contributed by atoms with Crippen molar-refractivity contribution < 1.29 is 0 Å². The van der Waals surface area contributed by atoms with Crippen molar-refractivity contribution in [1.82, 2.24) is 14.9 Å². The summed E-state index contributed by atoms with van der Waals surface area (Å²) < 4.78 is 0. The van der Waals surface area contributed by atoms with E-state index in [2.05, 4.69) is 26.7 Å². The number of nitrogens with zero attached hydrogens (tertiary/aromatic N) is 4. The van der Waals surface area contributed by atoms with Gasteiger partial charge in [-0.1, -0.05) is 18.5 Å². The van der Waals surface area contributed by atoms with Gasteiger partial charge in [0.1, 0.15) is 16.8 Å². The van der Waals surface area contributed by atoms with Crippen LogP contribution in [0.4, 0.5) is 5.82 Å². The van der Waals surface area contributed by atoms with Crippen molar-refractivity contribution in [2.24, 2.45) is 0 Å². The molecule has 1 aliphatic heterocycles. The van der Waals surface area contributed by atoms with Crippen molar-refractivity contribution in [3.63, 3.8) is 0 Å². The minimum absolute atomic E-state index is 0.577. The van der Waals surface area contributed by atoms with Gasteiger partial charge in [-0.15, -0.1) is 0 Å². The molecule has 2 rings (SSSR count). The van der Waals surface area contributed by atoms with Gasteiger partial charge in [-0.25, -0.2) is 9.97 Å². The van der Waals surface area contributed by atoms with E-state index in [0.29, 0.717) is 5.15 Å². The van der Waals surface area contributed by atoms with Crippen LogP contribution in [0.3, 0.4) is 0 Å². The molecule has 0 N–H and O–H groups in total. The Morgan fingerprint density at radius 3 is 2.39 bits per heavy atom. The number of halogens is 1. The Bertz CT molecular complexity index is 414. The van der Waals surface area contributed by atoms with E-state index in [1.807, 2.05) is 13.8 Å². The lowest BCUT2D eigenvalue weighted by Crippen LogP contribution is -2.47. The lowest BCUT2D eigenvalue weighted by Gasteiger charge is -2.36. The van der Waals surface area contributed by atoms with Crippen molar-refractivity contribution in [1.29, 1.82) is 0 Å². The number of rotatable bonds is 3. The minimum Gasteiger partial charge on any atom is -0.354 e. The fourth-order valence-corrected chi connectivity index (χ4v) is 2.59. The van der Waals surface area contributed by atoms with Gasteiger partial charge in [-0.05, 0) is 26.8 Å². The number of hydrogen-bond donors (Lipinski definition) is 0. The number of hydrogen-bond acceptors (Lipinski definition) is 4. The average molecular weight is 269 g/mol. The largest absolute Gasteiger partial charge is 0.354 e. The monoisotopic (exact) mass is 268 g/mol. The van der Waals surface area contributed by atoms with Crippen LogP contribution in [0.2, 0.25) is 5.15 Å².